The fourth-order valence-electron chi connectivity index (χ4n) is 3.60. The first-order valence-electron chi connectivity index (χ1n) is 8.64. The molecule has 6 heteroatoms. The highest BCUT2D eigenvalue weighted by Gasteiger charge is 2.40. The molecule has 0 atom stereocenters. The van der Waals surface area contributed by atoms with Crippen LogP contribution < -0.4 is 10.4 Å². The Labute approximate surface area is 173 Å². The second-order valence-corrected chi connectivity index (χ2v) is 8.94. The van der Waals surface area contributed by atoms with Gasteiger partial charge >= 0.3 is 5.82 Å². The van der Waals surface area contributed by atoms with Crippen molar-refractivity contribution in [2.45, 2.75) is 15.7 Å². The summed E-state index contributed by atoms with van der Waals surface area (Å²) in [5.74, 6) is -3.37. The maximum absolute atomic E-state index is 15.3. The number of hydrogen-bond donors (Lipinski definition) is 0. The summed E-state index contributed by atoms with van der Waals surface area (Å²) < 4.78 is 31.6. The smallest absolute Gasteiger partial charge is 0.196 e. The van der Waals surface area contributed by atoms with Gasteiger partial charge in [-0.25, -0.2) is 0 Å². The van der Waals surface area contributed by atoms with E-state index in [0.717, 1.165) is 19.2 Å². The van der Waals surface area contributed by atoms with E-state index in [9.17, 15) is 0 Å². The van der Waals surface area contributed by atoms with E-state index in [1.807, 2.05) is 30.3 Å². The highest BCUT2D eigenvalue weighted by molar-refractivity contribution is 8.32. The summed E-state index contributed by atoms with van der Waals surface area (Å²) in [7, 11) is 0. The van der Waals surface area contributed by atoms with Gasteiger partial charge in [-0.1, -0.05) is 59.9 Å². The number of fused-ring (bicyclic) bond motifs is 3. The van der Waals surface area contributed by atoms with E-state index in [0.29, 0.717) is 10.4 Å². The van der Waals surface area contributed by atoms with E-state index in [1.54, 1.807) is 47.8 Å². The summed E-state index contributed by atoms with van der Waals surface area (Å²) in [5.41, 5.74) is -0.175. The Morgan fingerprint density at radius 2 is 1.38 bits per heavy atom. The lowest BCUT2D eigenvalue weighted by Gasteiger charge is -2.13. The Balaban J connectivity index is 1.75. The number of rotatable bonds is 0. The van der Waals surface area contributed by atoms with Crippen LogP contribution in [0.15, 0.2) is 70.5 Å². The van der Waals surface area contributed by atoms with Crippen LogP contribution in [0.25, 0.3) is 19.7 Å². The van der Waals surface area contributed by atoms with Crippen LogP contribution in [0.3, 0.4) is 0 Å². The summed E-state index contributed by atoms with van der Waals surface area (Å²) >= 11 is 3.19. The van der Waals surface area contributed by atoms with Crippen LogP contribution in [0.4, 0.5) is 8.78 Å². The molecule has 0 radical (unpaired) electrons. The van der Waals surface area contributed by atoms with Gasteiger partial charge in [0.1, 0.15) is 13.1 Å². The summed E-state index contributed by atoms with van der Waals surface area (Å²) in [4.78, 5) is 8.55. The second kappa shape index (κ2) is 6.49. The van der Waals surface area contributed by atoms with Gasteiger partial charge in [0, 0.05) is 20.9 Å². The monoisotopic (exact) mass is 416 g/mol. The molecule has 5 rings (SSSR count). The third-order valence-electron chi connectivity index (χ3n) is 4.97. The molecule has 0 bridgehead atoms. The topological polar surface area (TPSA) is 8.72 Å². The predicted molar refractivity (Wildman–Crippen MR) is 111 cm³/mol. The number of nitrogens with zero attached hydrogens (tertiary/aromatic N) is 2. The molecule has 0 saturated heterocycles. The normalized spacial score (nSPS) is 15.1. The van der Waals surface area contributed by atoms with Crippen molar-refractivity contribution in [1.29, 1.82) is 0 Å². The maximum atomic E-state index is 15.3. The predicted octanol–water partition coefficient (Wildman–Crippen LogP) is 5.30. The Hall–Kier alpha value is -3.06. The van der Waals surface area contributed by atoms with Crippen LogP contribution in [0.1, 0.15) is 11.1 Å². The number of benzene rings is 3. The molecular weight excluding hydrogens is 406 g/mol. The molecule has 3 aromatic rings. The quantitative estimate of drug-likeness (QED) is 0.460. The van der Waals surface area contributed by atoms with Crippen LogP contribution >= 0.6 is 23.5 Å². The van der Waals surface area contributed by atoms with Crippen LogP contribution in [-0.2, 0) is 5.92 Å². The molecular formula is C23H10F2N2S2. The number of alkyl halides is 2. The Bertz CT molecular complexity index is 1470. The Kier molecular flexibility index (Phi) is 4.03. The highest BCUT2D eigenvalue weighted by Crippen LogP contribution is 2.51. The fourth-order valence-corrected chi connectivity index (χ4v) is 6.08. The zero-order chi connectivity index (χ0) is 20.2. The van der Waals surface area contributed by atoms with Gasteiger partial charge in [-0.05, 0) is 39.9 Å². The van der Waals surface area contributed by atoms with Crippen molar-refractivity contribution in [3.8, 4) is 0 Å². The van der Waals surface area contributed by atoms with Gasteiger partial charge in [-0.15, -0.1) is 0 Å². The SMILES string of the molecule is [C-]#[N+]C([N+]#[C-])=c1ccc2c(c1)C(F)(F)c1cc(=C3Sc4ccccc4S3)ccc1=2. The zero-order valence-corrected chi connectivity index (χ0v) is 16.4. The average Bonchev–Trinajstić information content (AvgIpc) is 3.26. The summed E-state index contributed by atoms with van der Waals surface area (Å²) in [5, 5.41) is 1.96. The molecule has 1 aliphatic heterocycles. The average molecular weight is 416 g/mol. The molecule has 0 aromatic heterocycles. The molecule has 29 heavy (non-hydrogen) atoms. The first-order chi connectivity index (χ1) is 14.0. The van der Waals surface area contributed by atoms with Gasteiger partial charge in [0.05, 0.1) is 9.46 Å². The van der Waals surface area contributed by atoms with Crippen molar-refractivity contribution in [2.24, 2.45) is 0 Å². The molecule has 1 aliphatic carbocycles. The number of thioether (sulfide) groups is 2. The molecule has 138 valence electrons. The highest BCUT2D eigenvalue weighted by atomic mass is 32.2. The maximum Gasteiger partial charge on any atom is 0.526 e. The molecule has 2 aliphatic rings. The molecule has 0 N–H and O–H groups in total. The van der Waals surface area contributed by atoms with Crippen molar-refractivity contribution >= 4 is 33.6 Å². The molecule has 0 fully saturated rings. The minimum atomic E-state index is -3.17. The van der Waals surface area contributed by atoms with Crippen LogP contribution in [0, 0.1) is 23.6 Å². The summed E-state index contributed by atoms with van der Waals surface area (Å²) in [6, 6.07) is 17.6. The second-order valence-electron chi connectivity index (χ2n) is 6.58. The molecule has 0 saturated carbocycles. The Morgan fingerprint density at radius 3 is 2.00 bits per heavy atom. The standard InChI is InChI=1S/C23H10F2N2S2/c1-26-21(27-2)13-7-9-15-16-10-8-14(12-18(16)23(24,25)17(15)11-13)22-28-19-5-3-4-6-20(19)29-22/h3-12H. The van der Waals surface area contributed by atoms with Gasteiger partial charge < -0.3 is 0 Å². The lowest BCUT2D eigenvalue weighted by Crippen LogP contribution is -2.17. The molecule has 0 spiro atoms. The summed E-state index contributed by atoms with van der Waals surface area (Å²) in [6.07, 6.45) is 0. The van der Waals surface area contributed by atoms with E-state index < -0.39 is 5.92 Å². The van der Waals surface area contributed by atoms with E-state index in [1.165, 1.54) is 6.07 Å². The van der Waals surface area contributed by atoms with Gasteiger partial charge in [0.2, 0.25) is 0 Å². The van der Waals surface area contributed by atoms with Crippen molar-refractivity contribution in [1.82, 2.24) is 0 Å². The van der Waals surface area contributed by atoms with Crippen molar-refractivity contribution < 1.29 is 8.78 Å². The van der Waals surface area contributed by atoms with Crippen LogP contribution in [0.5, 0.6) is 0 Å². The third kappa shape index (κ3) is 2.68. The minimum Gasteiger partial charge on any atom is -0.196 e. The van der Waals surface area contributed by atoms with Crippen LogP contribution in [-0.4, -0.2) is 0 Å². The first-order valence-corrected chi connectivity index (χ1v) is 10.3. The largest absolute Gasteiger partial charge is 0.526 e. The lowest BCUT2D eigenvalue weighted by atomic mass is 10.0. The fraction of sp³-hybridized carbons (Fsp3) is 0.0435. The number of halogens is 2. The lowest BCUT2D eigenvalue weighted by molar-refractivity contribution is 0.0452. The molecule has 2 nitrogen and oxygen atoms in total. The van der Waals surface area contributed by atoms with Crippen molar-refractivity contribution in [3.05, 3.63) is 115 Å². The minimum absolute atomic E-state index is 0.0287. The van der Waals surface area contributed by atoms with Gasteiger partial charge in [0.15, 0.2) is 0 Å². The number of hydrogen-bond acceptors (Lipinski definition) is 2. The molecule has 0 unspecified atom stereocenters. The third-order valence-corrected chi connectivity index (χ3v) is 7.59. The van der Waals surface area contributed by atoms with E-state index in [4.69, 9.17) is 13.1 Å². The molecule has 3 aromatic carbocycles. The van der Waals surface area contributed by atoms with Crippen molar-refractivity contribution in [3.63, 3.8) is 0 Å². The Morgan fingerprint density at radius 1 is 0.793 bits per heavy atom. The van der Waals surface area contributed by atoms with E-state index in [-0.39, 0.29) is 22.2 Å². The molecule has 1 heterocycles. The van der Waals surface area contributed by atoms with Crippen LogP contribution in [0.2, 0.25) is 0 Å². The van der Waals surface area contributed by atoms with E-state index in [2.05, 4.69) is 9.69 Å². The van der Waals surface area contributed by atoms with Gasteiger partial charge in [-0.3, -0.25) is 0 Å². The van der Waals surface area contributed by atoms with Crippen molar-refractivity contribution in [2.75, 3.05) is 0 Å². The summed E-state index contributed by atoms with van der Waals surface area (Å²) in [6.45, 7) is 14.2. The van der Waals surface area contributed by atoms with Gasteiger partial charge in [-0.2, -0.15) is 18.5 Å². The molecule has 0 amide bonds. The first kappa shape index (κ1) is 18.0. The zero-order valence-electron chi connectivity index (χ0n) is 14.7. The van der Waals surface area contributed by atoms with E-state index >= 15 is 8.78 Å². The van der Waals surface area contributed by atoms with Gasteiger partial charge in [0.25, 0.3) is 5.92 Å².